The number of benzene rings is 1. The van der Waals surface area contributed by atoms with Gasteiger partial charge in [0, 0.05) is 25.8 Å². The number of carbonyl (C=O) groups is 2. The van der Waals surface area contributed by atoms with Crippen molar-refractivity contribution in [3.63, 3.8) is 0 Å². The second-order valence-corrected chi connectivity index (χ2v) is 5.69. The van der Waals surface area contributed by atoms with Gasteiger partial charge in [-0.2, -0.15) is 0 Å². The molecule has 0 aromatic heterocycles. The number of hydrogen-bond donors (Lipinski definition) is 2. The summed E-state index contributed by atoms with van der Waals surface area (Å²) in [5, 5.41) is 5.56. The fraction of sp³-hybridized carbons (Fsp3) is 0.500. The molecule has 27 heavy (non-hydrogen) atoms. The number of esters is 1. The van der Waals surface area contributed by atoms with Crippen molar-refractivity contribution in [1.82, 2.24) is 5.32 Å². The third-order valence-corrected chi connectivity index (χ3v) is 3.38. The molecule has 0 atom stereocenters. The number of anilines is 1. The van der Waals surface area contributed by atoms with Crippen LogP contribution in [0.25, 0.3) is 0 Å². The van der Waals surface area contributed by atoms with Crippen LogP contribution < -0.4 is 15.4 Å². The quantitative estimate of drug-likeness (QED) is 0.313. The van der Waals surface area contributed by atoms with E-state index in [1.165, 1.54) is 7.11 Å². The Hall–Kier alpha value is -2.23. The molecule has 0 aliphatic carbocycles. The van der Waals surface area contributed by atoms with Gasteiger partial charge in [-0.05, 0) is 43.4 Å². The Morgan fingerprint density at radius 2 is 1.78 bits per heavy atom. The van der Waals surface area contributed by atoms with Crippen LogP contribution in [0.2, 0.25) is 0 Å². The van der Waals surface area contributed by atoms with Gasteiger partial charge < -0.3 is 29.6 Å². The summed E-state index contributed by atoms with van der Waals surface area (Å²) in [5.41, 5.74) is 0.705. The molecule has 2 N–H and O–H groups in total. The van der Waals surface area contributed by atoms with Gasteiger partial charge in [0.1, 0.15) is 19.0 Å². The highest BCUT2D eigenvalue weighted by atomic mass is 32.1. The van der Waals surface area contributed by atoms with E-state index < -0.39 is 5.97 Å². The molecule has 0 spiro atoms. The number of rotatable bonds is 12. The topological polar surface area (TPSA) is 95.1 Å². The second-order valence-electron chi connectivity index (χ2n) is 5.29. The van der Waals surface area contributed by atoms with Gasteiger partial charge >= 0.3 is 5.97 Å². The first-order valence-corrected chi connectivity index (χ1v) is 9.02. The highest BCUT2D eigenvalue weighted by Gasteiger charge is 2.09. The van der Waals surface area contributed by atoms with Crippen LogP contribution in [-0.2, 0) is 23.8 Å². The van der Waals surface area contributed by atoms with Crippen molar-refractivity contribution >= 4 is 34.9 Å². The molecular weight excluding hydrogens is 372 g/mol. The summed E-state index contributed by atoms with van der Waals surface area (Å²) in [6.45, 7) is 4.08. The van der Waals surface area contributed by atoms with Gasteiger partial charge in [0.05, 0.1) is 19.6 Å². The summed E-state index contributed by atoms with van der Waals surface area (Å²) in [6.07, 6.45) is -0.0355. The maximum atomic E-state index is 11.8. The van der Waals surface area contributed by atoms with Crippen LogP contribution in [0.3, 0.4) is 0 Å². The molecule has 150 valence electrons. The molecule has 0 heterocycles. The Kier molecular flexibility index (Phi) is 11.7. The van der Waals surface area contributed by atoms with Crippen LogP contribution >= 0.6 is 12.2 Å². The molecule has 0 aliphatic heterocycles. The minimum atomic E-state index is -0.457. The third-order valence-electron chi connectivity index (χ3n) is 3.17. The number of methoxy groups -OCH3 is 1. The van der Waals surface area contributed by atoms with Crippen molar-refractivity contribution in [3.05, 3.63) is 24.3 Å². The average molecular weight is 398 g/mol. The standard InChI is InChI=1S/C18H26N2O6S/c1-3-24-11-13-25-15-6-4-14(5-7-15)19-18(27)20-16(21)8-9-17(22)26-12-10-23-2/h4-7H,3,8-13H2,1-2H3,(H2,19,20,21,27). The Morgan fingerprint density at radius 1 is 1.04 bits per heavy atom. The zero-order valence-electron chi connectivity index (χ0n) is 15.6. The molecule has 0 saturated carbocycles. The Morgan fingerprint density at radius 3 is 2.44 bits per heavy atom. The SMILES string of the molecule is CCOCCOc1ccc(NC(=S)NC(=O)CCC(=O)OCCOC)cc1. The largest absolute Gasteiger partial charge is 0.491 e. The Balaban J connectivity index is 2.26. The smallest absolute Gasteiger partial charge is 0.306 e. The maximum absolute atomic E-state index is 11.8. The van der Waals surface area contributed by atoms with Crippen molar-refractivity contribution in [2.45, 2.75) is 19.8 Å². The van der Waals surface area contributed by atoms with E-state index in [2.05, 4.69) is 10.6 Å². The van der Waals surface area contributed by atoms with Crippen LogP contribution in [0.15, 0.2) is 24.3 Å². The molecule has 0 saturated heterocycles. The van der Waals surface area contributed by atoms with Crippen molar-refractivity contribution in [2.24, 2.45) is 0 Å². The minimum absolute atomic E-state index is 0.0136. The van der Waals surface area contributed by atoms with Crippen LogP contribution in [0.1, 0.15) is 19.8 Å². The van der Waals surface area contributed by atoms with E-state index >= 15 is 0 Å². The number of amides is 1. The third kappa shape index (κ3) is 11.2. The monoisotopic (exact) mass is 398 g/mol. The molecule has 8 nitrogen and oxygen atoms in total. The molecule has 1 amide bonds. The molecule has 0 radical (unpaired) electrons. The Labute approximate surface area is 164 Å². The lowest BCUT2D eigenvalue weighted by Gasteiger charge is -2.11. The Bertz CT molecular complexity index is 594. The molecule has 0 aliphatic rings. The summed E-state index contributed by atoms with van der Waals surface area (Å²) >= 11 is 5.09. The molecule has 9 heteroatoms. The van der Waals surface area contributed by atoms with E-state index in [1.54, 1.807) is 24.3 Å². The summed E-state index contributed by atoms with van der Waals surface area (Å²) < 4.78 is 20.4. The molecule has 0 unspecified atom stereocenters. The van der Waals surface area contributed by atoms with E-state index in [4.69, 9.17) is 31.2 Å². The molecular formula is C18H26N2O6S. The van der Waals surface area contributed by atoms with Crippen LogP contribution in [0.5, 0.6) is 5.75 Å². The van der Waals surface area contributed by atoms with Crippen LogP contribution in [0.4, 0.5) is 5.69 Å². The van der Waals surface area contributed by atoms with Gasteiger partial charge in [-0.1, -0.05) is 0 Å². The lowest BCUT2D eigenvalue weighted by molar-refractivity contribution is -0.146. The van der Waals surface area contributed by atoms with E-state index in [0.717, 1.165) is 0 Å². The first kappa shape index (κ1) is 22.8. The molecule has 0 fully saturated rings. The lowest BCUT2D eigenvalue weighted by Crippen LogP contribution is -2.34. The van der Waals surface area contributed by atoms with E-state index in [-0.39, 0.29) is 30.5 Å². The fourth-order valence-electron chi connectivity index (χ4n) is 1.88. The van der Waals surface area contributed by atoms with Gasteiger partial charge in [-0.3, -0.25) is 9.59 Å². The van der Waals surface area contributed by atoms with Crippen LogP contribution in [0, 0.1) is 0 Å². The number of carbonyl (C=O) groups excluding carboxylic acids is 2. The van der Waals surface area contributed by atoms with Gasteiger partial charge in [-0.25, -0.2) is 0 Å². The van der Waals surface area contributed by atoms with Gasteiger partial charge in [0.15, 0.2) is 5.11 Å². The molecule has 1 rings (SSSR count). The van der Waals surface area contributed by atoms with Crippen molar-refractivity contribution in [1.29, 1.82) is 0 Å². The normalized spacial score (nSPS) is 10.1. The molecule has 1 aromatic carbocycles. The summed E-state index contributed by atoms with van der Waals surface area (Å²) in [5.74, 6) is -0.115. The summed E-state index contributed by atoms with van der Waals surface area (Å²) in [4.78, 5) is 23.2. The minimum Gasteiger partial charge on any atom is -0.491 e. The number of thiocarbonyl (C=S) groups is 1. The highest BCUT2D eigenvalue weighted by Crippen LogP contribution is 2.15. The molecule has 1 aromatic rings. The number of ether oxygens (including phenoxy) is 4. The van der Waals surface area contributed by atoms with Crippen molar-refractivity contribution in [3.8, 4) is 5.75 Å². The van der Waals surface area contributed by atoms with Crippen molar-refractivity contribution < 1.29 is 28.5 Å². The summed E-state index contributed by atoms with van der Waals surface area (Å²) in [6, 6.07) is 7.13. The summed E-state index contributed by atoms with van der Waals surface area (Å²) in [7, 11) is 1.51. The number of hydrogen-bond acceptors (Lipinski definition) is 7. The van der Waals surface area contributed by atoms with Crippen molar-refractivity contribution in [2.75, 3.05) is 45.5 Å². The van der Waals surface area contributed by atoms with Gasteiger partial charge in [0.25, 0.3) is 0 Å². The van der Waals surface area contributed by atoms with Gasteiger partial charge in [-0.15, -0.1) is 0 Å². The average Bonchev–Trinajstić information content (AvgIpc) is 2.65. The highest BCUT2D eigenvalue weighted by molar-refractivity contribution is 7.80. The maximum Gasteiger partial charge on any atom is 0.306 e. The lowest BCUT2D eigenvalue weighted by atomic mass is 10.3. The van der Waals surface area contributed by atoms with E-state index in [9.17, 15) is 9.59 Å². The zero-order chi connectivity index (χ0) is 19.9. The molecule has 0 bridgehead atoms. The van der Waals surface area contributed by atoms with Crippen LogP contribution in [-0.4, -0.2) is 57.1 Å². The predicted octanol–water partition coefficient (Wildman–Crippen LogP) is 1.88. The second kappa shape index (κ2) is 13.9. The number of nitrogens with one attached hydrogen (secondary N) is 2. The zero-order valence-corrected chi connectivity index (χ0v) is 16.4. The first-order chi connectivity index (χ1) is 13.0. The predicted molar refractivity (Wildman–Crippen MR) is 105 cm³/mol. The van der Waals surface area contributed by atoms with E-state index in [1.807, 2.05) is 6.92 Å². The van der Waals surface area contributed by atoms with E-state index in [0.29, 0.717) is 37.9 Å². The first-order valence-electron chi connectivity index (χ1n) is 8.61. The fourth-order valence-corrected chi connectivity index (χ4v) is 2.11. The van der Waals surface area contributed by atoms with Gasteiger partial charge in [0.2, 0.25) is 5.91 Å².